The van der Waals surface area contributed by atoms with Gasteiger partial charge < -0.3 is 9.64 Å². The number of nitrogens with zero attached hydrogens (tertiary/aromatic N) is 2. The molecule has 0 atom stereocenters. The van der Waals surface area contributed by atoms with Crippen LogP contribution in [0.5, 0.6) is 0 Å². The normalized spacial score (nSPS) is 18.2. The first-order valence-corrected chi connectivity index (χ1v) is 9.95. The predicted octanol–water partition coefficient (Wildman–Crippen LogP) is 4.20. The minimum Gasteiger partial charge on any atom is -0.378 e. The van der Waals surface area contributed by atoms with Crippen molar-refractivity contribution in [3.05, 3.63) is 64.7 Å². The molecular formula is C23H30N2O. The van der Waals surface area contributed by atoms with Crippen molar-refractivity contribution in [3.8, 4) is 0 Å². The van der Waals surface area contributed by atoms with Gasteiger partial charge in [0.2, 0.25) is 0 Å². The van der Waals surface area contributed by atoms with E-state index in [2.05, 4.69) is 66.1 Å². The van der Waals surface area contributed by atoms with Crippen molar-refractivity contribution in [3.63, 3.8) is 0 Å². The van der Waals surface area contributed by atoms with E-state index < -0.39 is 0 Å². The van der Waals surface area contributed by atoms with Gasteiger partial charge in [-0.1, -0.05) is 44.2 Å². The predicted molar refractivity (Wildman–Crippen MR) is 108 cm³/mol. The van der Waals surface area contributed by atoms with E-state index in [0.717, 1.165) is 45.9 Å². The maximum atomic E-state index is 5.45. The number of anilines is 1. The Morgan fingerprint density at radius 3 is 2.46 bits per heavy atom. The third-order valence-corrected chi connectivity index (χ3v) is 5.72. The van der Waals surface area contributed by atoms with Gasteiger partial charge in [-0.2, -0.15) is 0 Å². The van der Waals surface area contributed by atoms with Gasteiger partial charge in [-0.25, -0.2) is 0 Å². The second-order valence-corrected chi connectivity index (χ2v) is 7.87. The Balaban J connectivity index is 1.41. The maximum absolute atomic E-state index is 5.45. The van der Waals surface area contributed by atoms with Gasteiger partial charge in [-0.15, -0.1) is 0 Å². The monoisotopic (exact) mass is 350 g/mol. The van der Waals surface area contributed by atoms with E-state index in [9.17, 15) is 0 Å². The number of fused-ring (bicyclic) bond motifs is 1. The smallest absolute Gasteiger partial charge is 0.0642 e. The van der Waals surface area contributed by atoms with E-state index in [4.69, 9.17) is 4.74 Å². The molecule has 0 saturated carbocycles. The summed E-state index contributed by atoms with van der Waals surface area (Å²) in [7, 11) is 0. The zero-order valence-electron chi connectivity index (χ0n) is 16.1. The van der Waals surface area contributed by atoms with Gasteiger partial charge in [0.15, 0.2) is 0 Å². The SMILES string of the molecule is CC(C)c1cccc2c1CCN(Cc1ccc(N3CCOCC3)cc1)C2. The summed E-state index contributed by atoms with van der Waals surface area (Å²) < 4.78 is 5.45. The van der Waals surface area contributed by atoms with Crippen LogP contribution in [0.2, 0.25) is 0 Å². The summed E-state index contributed by atoms with van der Waals surface area (Å²) in [5.41, 5.74) is 7.39. The molecule has 0 radical (unpaired) electrons. The summed E-state index contributed by atoms with van der Waals surface area (Å²) in [4.78, 5) is 4.99. The molecule has 26 heavy (non-hydrogen) atoms. The van der Waals surface area contributed by atoms with Gasteiger partial charge in [0, 0.05) is 38.4 Å². The number of hydrogen-bond acceptors (Lipinski definition) is 3. The van der Waals surface area contributed by atoms with Crippen molar-refractivity contribution in [1.29, 1.82) is 0 Å². The van der Waals surface area contributed by atoms with Crippen LogP contribution in [-0.2, 0) is 24.2 Å². The summed E-state index contributed by atoms with van der Waals surface area (Å²) >= 11 is 0. The molecular weight excluding hydrogens is 320 g/mol. The molecule has 0 bridgehead atoms. The molecule has 2 aromatic carbocycles. The van der Waals surface area contributed by atoms with E-state index in [-0.39, 0.29) is 0 Å². The number of benzene rings is 2. The molecule has 0 amide bonds. The van der Waals surface area contributed by atoms with Gasteiger partial charge in [-0.3, -0.25) is 4.90 Å². The summed E-state index contributed by atoms with van der Waals surface area (Å²) in [6, 6.07) is 16.0. The second kappa shape index (κ2) is 7.81. The average molecular weight is 351 g/mol. The summed E-state index contributed by atoms with van der Waals surface area (Å²) in [5, 5.41) is 0. The fraction of sp³-hybridized carbons (Fsp3) is 0.478. The highest BCUT2D eigenvalue weighted by Gasteiger charge is 2.20. The van der Waals surface area contributed by atoms with Gasteiger partial charge in [0.25, 0.3) is 0 Å². The Hall–Kier alpha value is -1.84. The van der Waals surface area contributed by atoms with Gasteiger partial charge in [0.1, 0.15) is 0 Å². The highest BCUT2D eigenvalue weighted by Crippen LogP contribution is 2.28. The van der Waals surface area contributed by atoms with E-state index >= 15 is 0 Å². The molecule has 3 nitrogen and oxygen atoms in total. The van der Waals surface area contributed by atoms with Crippen molar-refractivity contribution in [2.75, 3.05) is 37.7 Å². The van der Waals surface area contributed by atoms with E-state index in [1.54, 1.807) is 5.56 Å². The first-order chi connectivity index (χ1) is 12.7. The van der Waals surface area contributed by atoms with Gasteiger partial charge >= 0.3 is 0 Å². The van der Waals surface area contributed by atoms with Crippen LogP contribution in [0.15, 0.2) is 42.5 Å². The van der Waals surface area contributed by atoms with Crippen LogP contribution in [0.25, 0.3) is 0 Å². The van der Waals surface area contributed by atoms with Crippen molar-refractivity contribution < 1.29 is 4.74 Å². The molecule has 2 aliphatic heterocycles. The first kappa shape index (κ1) is 17.6. The molecule has 2 aromatic rings. The van der Waals surface area contributed by atoms with Crippen LogP contribution in [0.1, 0.15) is 42.0 Å². The second-order valence-electron chi connectivity index (χ2n) is 7.87. The number of ether oxygens (including phenoxy) is 1. The Kier molecular flexibility index (Phi) is 5.28. The van der Waals surface area contributed by atoms with Crippen molar-refractivity contribution in [1.82, 2.24) is 4.90 Å². The zero-order valence-corrected chi connectivity index (χ0v) is 16.1. The topological polar surface area (TPSA) is 15.7 Å². The zero-order chi connectivity index (χ0) is 17.9. The fourth-order valence-corrected chi connectivity index (χ4v) is 4.27. The van der Waals surface area contributed by atoms with Crippen LogP contribution in [0.4, 0.5) is 5.69 Å². The molecule has 0 unspecified atom stereocenters. The first-order valence-electron chi connectivity index (χ1n) is 9.95. The third kappa shape index (κ3) is 3.79. The minimum atomic E-state index is 0.615. The van der Waals surface area contributed by atoms with Crippen molar-refractivity contribution in [2.45, 2.75) is 39.3 Å². The lowest BCUT2D eigenvalue weighted by atomic mass is 9.89. The molecule has 0 N–H and O–H groups in total. The molecule has 0 spiro atoms. The highest BCUT2D eigenvalue weighted by molar-refractivity contribution is 5.48. The molecule has 2 aliphatic rings. The summed E-state index contributed by atoms with van der Waals surface area (Å²) in [6.07, 6.45) is 1.18. The molecule has 138 valence electrons. The average Bonchev–Trinajstić information content (AvgIpc) is 2.68. The van der Waals surface area contributed by atoms with Crippen LogP contribution in [0.3, 0.4) is 0 Å². The number of hydrogen-bond donors (Lipinski definition) is 0. The van der Waals surface area contributed by atoms with E-state index in [1.807, 2.05) is 0 Å². The summed E-state index contributed by atoms with van der Waals surface area (Å²) in [6.45, 7) is 11.6. The Labute approximate surface area is 157 Å². The molecule has 1 fully saturated rings. The van der Waals surface area contributed by atoms with Crippen LogP contribution in [0, 0.1) is 0 Å². The maximum Gasteiger partial charge on any atom is 0.0642 e. The van der Waals surface area contributed by atoms with Crippen LogP contribution < -0.4 is 4.90 Å². The molecule has 2 heterocycles. The van der Waals surface area contributed by atoms with E-state index in [0.29, 0.717) is 5.92 Å². The third-order valence-electron chi connectivity index (χ3n) is 5.72. The Morgan fingerprint density at radius 2 is 1.73 bits per heavy atom. The molecule has 0 aliphatic carbocycles. The van der Waals surface area contributed by atoms with Crippen LogP contribution in [-0.4, -0.2) is 37.7 Å². The Morgan fingerprint density at radius 1 is 0.962 bits per heavy atom. The van der Waals surface area contributed by atoms with Crippen LogP contribution >= 0.6 is 0 Å². The van der Waals surface area contributed by atoms with E-state index in [1.165, 1.54) is 28.8 Å². The largest absolute Gasteiger partial charge is 0.378 e. The van der Waals surface area contributed by atoms with Crippen molar-refractivity contribution in [2.24, 2.45) is 0 Å². The fourth-order valence-electron chi connectivity index (χ4n) is 4.27. The molecule has 1 saturated heterocycles. The van der Waals surface area contributed by atoms with Gasteiger partial charge in [0.05, 0.1) is 13.2 Å². The minimum absolute atomic E-state index is 0.615. The summed E-state index contributed by atoms with van der Waals surface area (Å²) in [5.74, 6) is 0.615. The lowest BCUT2D eigenvalue weighted by molar-refractivity contribution is 0.122. The lowest BCUT2D eigenvalue weighted by Gasteiger charge is -2.31. The molecule has 4 rings (SSSR count). The highest BCUT2D eigenvalue weighted by atomic mass is 16.5. The standard InChI is InChI=1S/C23H30N2O/c1-18(2)22-5-3-4-20-17-24(11-10-23(20)22)16-19-6-8-21(9-7-19)25-12-14-26-15-13-25/h3-9,18H,10-17H2,1-2H3. The quantitative estimate of drug-likeness (QED) is 0.822. The Bertz CT molecular complexity index is 732. The van der Waals surface area contributed by atoms with Crippen molar-refractivity contribution >= 4 is 5.69 Å². The number of rotatable bonds is 4. The number of morpholine rings is 1. The molecule has 3 heteroatoms. The molecule has 0 aromatic heterocycles. The lowest BCUT2D eigenvalue weighted by Crippen LogP contribution is -2.36. The van der Waals surface area contributed by atoms with Gasteiger partial charge in [-0.05, 0) is 46.7 Å².